The Labute approximate surface area is 149 Å². The number of hydrogen-bond acceptors (Lipinski definition) is 2. The molecule has 0 fully saturated rings. The number of unbranched alkanes of at least 4 members (excludes halogenated alkanes) is 5. The quantitative estimate of drug-likeness (QED) is 0.552. The number of halogens is 1. The van der Waals surface area contributed by atoms with Crippen molar-refractivity contribution in [2.75, 3.05) is 11.9 Å². The van der Waals surface area contributed by atoms with Crippen LogP contribution >= 0.6 is 0 Å². The molecule has 2 rings (SSSR count). The van der Waals surface area contributed by atoms with E-state index in [1.807, 2.05) is 0 Å². The van der Waals surface area contributed by atoms with Gasteiger partial charge in [-0.3, -0.25) is 4.79 Å². The molecule has 2 aromatic rings. The lowest BCUT2D eigenvalue weighted by atomic mass is 10.1. The molecule has 0 bridgehead atoms. The first-order chi connectivity index (χ1) is 12.2. The van der Waals surface area contributed by atoms with Crippen molar-refractivity contribution in [3.05, 3.63) is 59.9 Å². The molecule has 0 heterocycles. The van der Waals surface area contributed by atoms with Gasteiger partial charge in [0.05, 0.1) is 6.61 Å². The van der Waals surface area contributed by atoms with Crippen molar-refractivity contribution in [2.45, 2.75) is 45.4 Å². The van der Waals surface area contributed by atoms with Crippen molar-refractivity contribution < 1.29 is 13.9 Å². The van der Waals surface area contributed by atoms with E-state index >= 15 is 0 Å². The van der Waals surface area contributed by atoms with E-state index in [1.165, 1.54) is 44.2 Å². The molecule has 0 saturated heterocycles. The first-order valence-corrected chi connectivity index (χ1v) is 8.99. The third-order valence-corrected chi connectivity index (χ3v) is 3.97. The van der Waals surface area contributed by atoms with Gasteiger partial charge in [0.2, 0.25) is 0 Å². The highest BCUT2D eigenvalue weighted by Gasteiger charge is 2.07. The average Bonchev–Trinajstić information content (AvgIpc) is 2.61. The molecule has 2 aromatic carbocycles. The molecule has 0 atom stereocenters. The minimum absolute atomic E-state index is 0.270. The standard InChI is InChI=1S/C21H26FNO2/c1-2-3-4-5-6-7-15-25-20-13-11-17(12-14-20)21(24)23-19-10-8-9-18(22)16-19/h8-14,16H,2-7,15H2,1H3,(H,23,24). The molecule has 0 spiro atoms. The van der Waals surface area contributed by atoms with Gasteiger partial charge in [-0.15, -0.1) is 0 Å². The molecular formula is C21H26FNO2. The van der Waals surface area contributed by atoms with E-state index in [9.17, 15) is 9.18 Å². The minimum atomic E-state index is -0.378. The highest BCUT2D eigenvalue weighted by molar-refractivity contribution is 6.04. The molecule has 1 amide bonds. The number of amides is 1. The largest absolute Gasteiger partial charge is 0.494 e. The second kappa shape index (κ2) is 10.5. The number of hydrogen-bond donors (Lipinski definition) is 1. The molecule has 0 aliphatic rings. The number of benzene rings is 2. The zero-order valence-electron chi connectivity index (χ0n) is 14.8. The Balaban J connectivity index is 1.74. The number of anilines is 1. The molecule has 134 valence electrons. The smallest absolute Gasteiger partial charge is 0.255 e. The van der Waals surface area contributed by atoms with Crippen LogP contribution in [0.5, 0.6) is 5.75 Å². The fourth-order valence-corrected chi connectivity index (χ4v) is 2.54. The van der Waals surface area contributed by atoms with Gasteiger partial charge >= 0.3 is 0 Å². The summed E-state index contributed by atoms with van der Waals surface area (Å²) in [6, 6.07) is 12.8. The molecule has 3 nitrogen and oxygen atoms in total. The zero-order chi connectivity index (χ0) is 17.9. The lowest BCUT2D eigenvalue weighted by molar-refractivity contribution is 0.102. The summed E-state index contributed by atoms with van der Waals surface area (Å²) >= 11 is 0. The van der Waals surface area contributed by atoms with E-state index in [0.717, 1.165) is 12.2 Å². The molecule has 4 heteroatoms. The molecule has 0 radical (unpaired) electrons. The van der Waals surface area contributed by atoms with E-state index in [0.29, 0.717) is 17.9 Å². The summed E-state index contributed by atoms with van der Waals surface area (Å²) in [4.78, 5) is 12.1. The molecule has 0 aromatic heterocycles. The van der Waals surface area contributed by atoms with Crippen molar-refractivity contribution in [1.82, 2.24) is 0 Å². The zero-order valence-corrected chi connectivity index (χ0v) is 14.8. The fourth-order valence-electron chi connectivity index (χ4n) is 2.54. The third-order valence-electron chi connectivity index (χ3n) is 3.97. The highest BCUT2D eigenvalue weighted by Crippen LogP contribution is 2.16. The Kier molecular flexibility index (Phi) is 7.96. The summed E-state index contributed by atoms with van der Waals surface area (Å²) in [6.45, 7) is 2.91. The molecule has 25 heavy (non-hydrogen) atoms. The molecule has 0 saturated carbocycles. The first kappa shape index (κ1) is 19.0. The number of ether oxygens (including phenoxy) is 1. The summed E-state index contributed by atoms with van der Waals surface area (Å²) in [5.74, 6) is 0.111. The number of carbonyl (C=O) groups excluding carboxylic acids is 1. The normalized spacial score (nSPS) is 10.5. The topological polar surface area (TPSA) is 38.3 Å². The van der Waals surface area contributed by atoms with Gasteiger partial charge in [-0.2, -0.15) is 0 Å². The van der Waals surface area contributed by atoms with Gasteiger partial charge in [0.1, 0.15) is 11.6 Å². The van der Waals surface area contributed by atoms with Crippen LogP contribution < -0.4 is 10.1 Å². The SMILES string of the molecule is CCCCCCCCOc1ccc(C(=O)Nc2cccc(F)c2)cc1. The van der Waals surface area contributed by atoms with E-state index < -0.39 is 0 Å². The summed E-state index contributed by atoms with van der Waals surface area (Å²) in [6.07, 6.45) is 7.36. The Hall–Kier alpha value is -2.36. The van der Waals surface area contributed by atoms with Gasteiger partial charge in [-0.25, -0.2) is 4.39 Å². The van der Waals surface area contributed by atoms with Crippen molar-refractivity contribution in [3.8, 4) is 5.75 Å². The summed E-state index contributed by atoms with van der Waals surface area (Å²) in [5, 5.41) is 2.68. The van der Waals surface area contributed by atoms with Crippen LogP contribution in [-0.2, 0) is 0 Å². The predicted molar refractivity (Wildman–Crippen MR) is 99.7 cm³/mol. The average molecular weight is 343 g/mol. The van der Waals surface area contributed by atoms with Gasteiger partial charge in [0.25, 0.3) is 5.91 Å². The number of rotatable bonds is 10. The Bertz CT molecular complexity index is 655. The van der Waals surface area contributed by atoms with Crippen LogP contribution in [0, 0.1) is 5.82 Å². The summed E-state index contributed by atoms with van der Waals surface area (Å²) in [7, 11) is 0. The molecular weight excluding hydrogens is 317 g/mol. The van der Waals surface area contributed by atoms with E-state index in [2.05, 4.69) is 12.2 Å². The fraction of sp³-hybridized carbons (Fsp3) is 0.381. The second-order valence-corrected chi connectivity index (χ2v) is 6.11. The summed E-state index contributed by atoms with van der Waals surface area (Å²) in [5.41, 5.74) is 0.949. The second-order valence-electron chi connectivity index (χ2n) is 6.11. The van der Waals surface area contributed by atoms with Gasteiger partial charge < -0.3 is 10.1 Å². The monoisotopic (exact) mass is 343 g/mol. The van der Waals surface area contributed by atoms with E-state index in [1.54, 1.807) is 36.4 Å². The first-order valence-electron chi connectivity index (χ1n) is 8.99. The van der Waals surface area contributed by atoms with Gasteiger partial charge in [-0.1, -0.05) is 45.1 Å². The van der Waals surface area contributed by atoms with Crippen molar-refractivity contribution in [2.24, 2.45) is 0 Å². The maximum Gasteiger partial charge on any atom is 0.255 e. The van der Waals surface area contributed by atoms with Crippen LogP contribution in [0.2, 0.25) is 0 Å². The molecule has 0 aliphatic heterocycles. The maximum absolute atomic E-state index is 13.1. The summed E-state index contributed by atoms with van der Waals surface area (Å²) < 4.78 is 18.8. The maximum atomic E-state index is 13.1. The van der Waals surface area contributed by atoms with Crippen molar-refractivity contribution in [1.29, 1.82) is 0 Å². The van der Waals surface area contributed by atoms with Crippen LogP contribution in [0.1, 0.15) is 55.8 Å². The van der Waals surface area contributed by atoms with Crippen molar-refractivity contribution in [3.63, 3.8) is 0 Å². The molecule has 0 unspecified atom stereocenters. The Morgan fingerprint density at radius 2 is 1.72 bits per heavy atom. The molecule has 0 aliphatic carbocycles. The number of carbonyl (C=O) groups is 1. The highest BCUT2D eigenvalue weighted by atomic mass is 19.1. The number of nitrogens with one attached hydrogen (secondary N) is 1. The van der Waals surface area contributed by atoms with Gasteiger partial charge in [0, 0.05) is 11.3 Å². The minimum Gasteiger partial charge on any atom is -0.494 e. The van der Waals surface area contributed by atoms with Gasteiger partial charge in [-0.05, 0) is 48.9 Å². The predicted octanol–water partition coefficient (Wildman–Crippen LogP) is 5.82. The van der Waals surface area contributed by atoms with E-state index in [-0.39, 0.29) is 11.7 Å². The van der Waals surface area contributed by atoms with E-state index in [4.69, 9.17) is 4.74 Å². The Morgan fingerprint density at radius 1 is 1.00 bits per heavy atom. The molecule has 1 N–H and O–H groups in total. The van der Waals surface area contributed by atoms with Gasteiger partial charge in [0.15, 0.2) is 0 Å². The lowest BCUT2D eigenvalue weighted by Crippen LogP contribution is -2.11. The third kappa shape index (κ3) is 6.96. The van der Waals surface area contributed by atoms with Crippen LogP contribution in [-0.4, -0.2) is 12.5 Å². The van der Waals surface area contributed by atoms with Crippen molar-refractivity contribution >= 4 is 11.6 Å². The lowest BCUT2D eigenvalue weighted by Gasteiger charge is -2.08. The Morgan fingerprint density at radius 3 is 2.44 bits per heavy atom. The van der Waals surface area contributed by atoms with Crippen LogP contribution in [0.15, 0.2) is 48.5 Å². The van der Waals surface area contributed by atoms with Crippen LogP contribution in [0.25, 0.3) is 0 Å². The van der Waals surface area contributed by atoms with Crippen LogP contribution in [0.3, 0.4) is 0 Å². The van der Waals surface area contributed by atoms with Crippen LogP contribution in [0.4, 0.5) is 10.1 Å².